The van der Waals surface area contributed by atoms with Crippen molar-refractivity contribution in [1.29, 1.82) is 0 Å². The number of hydrogen-bond donors (Lipinski definition) is 0. The average Bonchev–Trinajstić information content (AvgIpc) is 3.24. The Morgan fingerprint density at radius 2 is 0.741 bits per heavy atom. The first-order valence-corrected chi connectivity index (χ1v) is 18.5. The Hall–Kier alpha value is -7.16. The molecule has 250 valence electrons. The normalized spacial score (nSPS) is 11.7. The number of aromatic nitrogens is 2. The van der Waals surface area contributed by atoms with Crippen molar-refractivity contribution < 1.29 is 0 Å². The second-order valence-electron chi connectivity index (χ2n) is 14.1. The summed E-state index contributed by atoms with van der Waals surface area (Å²) in [6.07, 6.45) is 0. The molecule has 0 saturated heterocycles. The van der Waals surface area contributed by atoms with Crippen LogP contribution in [0, 0.1) is 0 Å². The zero-order valence-corrected chi connectivity index (χ0v) is 29.4. The molecular formula is C52H32N2. The highest BCUT2D eigenvalue weighted by molar-refractivity contribution is 6.19. The van der Waals surface area contributed by atoms with Gasteiger partial charge in [-0.3, -0.25) is 0 Å². The molecule has 0 aliphatic carbocycles. The lowest BCUT2D eigenvalue weighted by molar-refractivity contribution is 1.41. The fourth-order valence-corrected chi connectivity index (χ4v) is 8.53. The van der Waals surface area contributed by atoms with Gasteiger partial charge in [0.25, 0.3) is 0 Å². The van der Waals surface area contributed by atoms with Gasteiger partial charge in [-0.15, -0.1) is 0 Å². The number of para-hydroxylation sites is 2. The van der Waals surface area contributed by atoms with Gasteiger partial charge in [-0.2, -0.15) is 0 Å². The molecule has 11 rings (SSSR count). The monoisotopic (exact) mass is 684 g/mol. The van der Waals surface area contributed by atoms with Crippen molar-refractivity contribution in [2.75, 3.05) is 0 Å². The van der Waals surface area contributed by atoms with Gasteiger partial charge in [0.1, 0.15) is 0 Å². The van der Waals surface area contributed by atoms with Gasteiger partial charge < -0.3 is 0 Å². The van der Waals surface area contributed by atoms with Crippen LogP contribution in [0.5, 0.6) is 0 Å². The number of pyridine rings is 2. The minimum Gasteiger partial charge on any atom is -0.248 e. The van der Waals surface area contributed by atoms with Crippen molar-refractivity contribution in [2.45, 2.75) is 0 Å². The number of hydrogen-bond acceptors (Lipinski definition) is 2. The van der Waals surface area contributed by atoms with Gasteiger partial charge in [-0.05, 0) is 79.0 Å². The molecule has 54 heavy (non-hydrogen) atoms. The summed E-state index contributed by atoms with van der Waals surface area (Å²) in [7, 11) is 0. The van der Waals surface area contributed by atoms with E-state index in [1.165, 1.54) is 54.7 Å². The van der Waals surface area contributed by atoms with E-state index in [0.29, 0.717) is 0 Å². The van der Waals surface area contributed by atoms with Crippen molar-refractivity contribution in [3.8, 4) is 44.6 Å². The topological polar surface area (TPSA) is 25.8 Å². The Morgan fingerprint density at radius 3 is 1.35 bits per heavy atom. The quantitative estimate of drug-likeness (QED) is 0.136. The van der Waals surface area contributed by atoms with Crippen LogP contribution in [0.25, 0.3) is 110 Å². The molecule has 0 atom stereocenters. The molecule has 0 bridgehead atoms. The average molecular weight is 685 g/mol. The molecule has 11 aromatic rings. The number of rotatable bonds is 4. The predicted octanol–water partition coefficient (Wildman–Crippen LogP) is 14.1. The first kappa shape index (κ1) is 30.5. The summed E-state index contributed by atoms with van der Waals surface area (Å²) in [5.74, 6) is 0. The molecular weight excluding hydrogens is 653 g/mol. The SMILES string of the molecule is c1ccc2c(-c3cc4c(-c5cccc6ccccc56)cc(-c5ccc(-c6c7ccccc7nc7ccccc67)cc5)nc4c4ccccc34)cccc2c1. The van der Waals surface area contributed by atoms with Crippen LogP contribution in [0.3, 0.4) is 0 Å². The number of benzene rings is 9. The molecule has 9 aromatic carbocycles. The standard InChI is InChI=1S/C52H32N2/c1-3-17-37-33(13-1)15-11-23-39(37)45-31-47-46(40-24-12-16-34-14-2-4-18-38(34)40)32-50(54-52(47)42-20-6-5-19-41(42)45)35-27-29-36(30-28-35)51-43-21-7-9-25-48(43)53-49-26-10-8-22-44(49)51/h1-32H. The minimum absolute atomic E-state index is 0.949. The summed E-state index contributed by atoms with van der Waals surface area (Å²) < 4.78 is 0. The van der Waals surface area contributed by atoms with Crippen molar-refractivity contribution in [3.05, 3.63) is 194 Å². The fourth-order valence-electron chi connectivity index (χ4n) is 8.53. The lowest BCUT2D eigenvalue weighted by Gasteiger charge is -2.18. The van der Waals surface area contributed by atoms with Crippen molar-refractivity contribution in [1.82, 2.24) is 9.97 Å². The zero-order valence-electron chi connectivity index (χ0n) is 29.4. The van der Waals surface area contributed by atoms with Crippen LogP contribution in [0.2, 0.25) is 0 Å². The van der Waals surface area contributed by atoms with E-state index in [0.717, 1.165) is 54.9 Å². The van der Waals surface area contributed by atoms with Crippen molar-refractivity contribution >= 4 is 65.0 Å². The molecule has 0 radical (unpaired) electrons. The van der Waals surface area contributed by atoms with Gasteiger partial charge in [0.2, 0.25) is 0 Å². The highest BCUT2D eigenvalue weighted by Crippen LogP contribution is 2.44. The van der Waals surface area contributed by atoms with Crippen LogP contribution in [0.1, 0.15) is 0 Å². The van der Waals surface area contributed by atoms with E-state index < -0.39 is 0 Å². The van der Waals surface area contributed by atoms with Crippen LogP contribution in [-0.2, 0) is 0 Å². The highest BCUT2D eigenvalue weighted by Gasteiger charge is 2.19. The Kier molecular flexibility index (Phi) is 6.90. The first-order chi connectivity index (χ1) is 26.8. The van der Waals surface area contributed by atoms with Crippen LogP contribution in [-0.4, -0.2) is 9.97 Å². The highest BCUT2D eigenvalue weighted by atomic mass is 14.7. The summed E-state index contributed by atoms with van der Waals surface area (Å²) in [6.45, 7) is 0. The second-order valence-corrected chi connectivity index (χ2v) is 14.1. The Labute approximate surface area is 312 Å². The molecule has 0 saturated carbocycles. The van der Waals surface area contributed by atoms with E-state index in [1.54, 1.807) is 0 Å². The van der Waals surface area contributed by atoms with Crippen LogP contribution in [0.15, 0.2) is 194 Å². The molecule has 2 heteroatoms. The molecule has 0 aliphatic rings. The Morgan fingerprint density at radius 1 is 0.278 bits per heavy atom. The summed E-state index contributed by atoms with van der Waals surface area (Å²) in [5, 5.41) is 10.7. The van der Waals surface area contributed by atoms with E-state index in [9.17, 15) is 0 Å². The number of fused-ring (bicyclic) bond motifs is 7. The summed E-state index contributed by atoms with van der Waals surface area (Å²) >= 11 is 0. The first-order valence-electron chi connectivity index (χ1n) is 18.5. The maximum absolute atomic E-state index is 5.53. The molecule has 0 spiro atoms. The maximum Gasteiger partial charge on any atom is 0.0794 e. The molecule has 2 nitrogen and oxygen atoms in total. The third-order valence-electron chi connectivity index (χ3n) is 11.0. The van der Waals surface area contributed by atoms with Crippen LogP contribution >= 0.6 is 0 Å². The number of nitrogens with zero attached hydrogens (tertiary/aromatic N) is 2. The summed E-state index contributed by atoms with van der Waals surface area (Å²) in [6, 6.07) is 69.9. The smallest absolute Gasteiger partial charge is 0.0794 e. The van der Waals surface area contributed by atoms with E-state index in [2.05, 4.69) is 194 Å². The largest absolute Gasteiger partial charge is 0.248 e. The van der Waals surface area contributed by atoms with Gasteiger partial charge in [0.05, 0.1) is 22.2 Å². The predicted molar refractivity (Wildman–Crippen MR) is 229 cm³/mol. The van der Waals surface area contributed by atoms with Crippen LogP contribution in [0.4, 0.5) is 0 Å². The lowest BCUT2D eigenvalue weighted by atomic mass is 9.88. The van der Waals surface area contributed by atoms with Crippen LogP contribution < -0.4 is 0 Å². The van der Waals surface area contributed by atoms with Gasteiger partial charge in [0, 0.05) is 32.7 Å². The lowest BCUT2D eigenvalue weighted by Crippen LogP contribution is -1.94. The van der Waals surface area contributed by atoms with Gasteiger partial charge >= 0.3 is 0 Å². The fraction of sp³-hybridized carbons (Fsp3) is 0. The molecule has 0 amide bonds. The Balaban J connectivity index is 1.18. The Bertz CT molecular complexity index is 3200. The molecule has 0 N–H and O–H groups in total. The molecule has 0 aliphatic heterocycles. The van der Waals surface area contributed by atoms with E-state index in [1.807, 2.05) is 0 Å². The molecule has 2 heterocycles. The zero-order chi connectivity index (χ0) is 35.6. The van der Waals surface area contributed by atoms with Crippen molar-refractivity contribution in [2.24, 2.45) is 0 Å². The van der Waals surface area contributed by atoms with E-state index in [-0.39, 0.29) is 0 Å². The second kappa shape index (κ2) is 12.2. The molecule has 2 aromatic heterocycles. The van der Waals surface area contributed by atoms with Gasteiger partial charge in [0.15, 0.2) is 0 Å². The van der Waals surface area contributed by atoms with E-state index >= 15 is 0 Å². The van der Waals surface area contributed by atoms with E-state index in [4.69, 9.17) is 9.97 Å². The van der Waals surface area contributed by atoms with Gasteiger partial charge in [-0.1, -0.05) is 170 Å². The third kappa shape index (κ3) is 4.81. The molecule has 0 unspecified atom stereocenters. The molecule has 0 fully saturated rings. The third-order valence-corrected chi connectivity index (χ3v) is 11.0. The van der Waals surface area contributed by atoms with Gasteiger partial charge in [-0.25, -0.2) is 9.97 Å². The minimum atomic E-state index is 0.949. The van der Waals surface area contributed by atoms with Crippen molar-refractivity contribution in [3.63, 3.8) is 0 Å². The maximum atomic E-state index is 5.53. The summed E-state index contributed by atoms with van der Waals surface area (Å²) in [5.41, 5.74) is 12.2. The summed E-state index contributed by atoms with van der Waals surface area (Å²) in [4.78, 5) is 10.5.